The molecule has 0 atom stereocenters. The van der Waals surface area contributed by atoms with Crippen molar-refractivity contribution >= 4 is 11.5 Å². The van der Waals surface area contributed by atoms with Gasteiger partial charge in [0, 0.05) is 11.8 Å². The Morgan fingerprint density at radius 3 is 2.76 bits per heavy atom. The van der Waals surface area contributed by atoms with Gasteiger partial charge in [0.15, 0.2) is 0 Å². The van der Waals surface area contributed by atoms with Crippen molar-refractivity contribution in [3.8, 4) is 17.0 Å². The van der Waals surface area contributed by atoms with Gasteiger partial charge in [-0.05, 0) is 44.5 Å². The average Bonchev–Trinajstić information content (AvgIpc) is 2.80. The highest BCUT2D eigenvalue weighted by atomic mass is 16.5. The second kappa shape index (κ2) is 5.13. The summed E-state index contributed by atoms with van der Waals surface area (Å²) in [5.41, 5.74) is 11.2. The van der Waals surface area contributed by atoms with Gasteiger partial charge in [-0.2, -0.15) is 0 Å². The third-order valence-corrected chi connectivity index (χ3v) is 3.57. The largest absolute Gasteiger partial charge is 0.493 e. The summed E-state index contributed by atoms with van der Waals surface area (Å²) in [5, 5.41) is 0. The first-order valence-corrected chi connectivity index (χ1v) is 7.08. The van der Waals surface area contributed by atoms with Crippen LogP contribution < -0.4 is 10.5 Å². The quantitative estimate of drug-likeness (QED) is 0.798. The van der Waals surface area contributed by atoms with Crippen molar-refractivity contribution in [2.45, 2.75) is 20.8 Å². The number of imidazole rings is 1. The van der Waals surface area contributed by atoms with Gasteiger partial charge >= 0.3 is 0 Å². The Bertz CT molecular complexity index is 805. The SMILES string of the molecule is CCOc1ccc(C)cc1-c1nc2c(C)cccn2c1N. The highest BCUT2D eigenvalue weighted by molar-refractivity contribution is 5.80. The van der Waals surface area contributed by atoms with Crippen LogP contribution in [-0.2, 0) is 0 Å². The minimum atomic E-state index is 0.613. The standard InChI is InChI=1S/C17H19N3O/c1-4-21-14-8-7-11(2)10-13(14)15-16(18)20-9-5-6-12(3)17(20)19-15/h5-10H,4,18H2,1-3H3. The summed E-state index contributed by atoms with van der Waals surface area (Å²) >= 11 is 0. The number of fused-ring (bicyclic) bond motifs is 1. The van der Waals surface area contributed by atoms with E-state index in [0.717, 1.165) is 33.8 Å². The molecule has 3 rings (SSSR count). The number of hydrogen-bond donors (Lipinski definition) is 1. The van der Waals surface area contributed by atoms with Crippen molar-refractivity contribution in [2.75, 3.05) is 12.3 Å². The molecule has 0 aliphatic heterocycles. The highest BCUT2D eigenvalue weighted by Crippen LogP contribution is 2.35. The van der Waals surface area contributed by atoms with Crippen molar-refractivity contribution < 1.29 is 4.74 Å². The molecule has 0 spiro atoms. The van der Waals surface area contributed by atoms with Crippen LogP contribution in [-0.4, -0.2) is 16.0 Å². The van der Waals surface area contributed by atoms with Crippen molar-refractivity contribution in [3.05, 3.63) is 47.7 Å². The van der Waals surface area contributed by atoms with Crippen LogP contribution in [0.1, 0.15) is 18.1 Å². The maximum Gasteiger partial charge on any atom is 0.142 e. The van der Waals surface area contributed by atoms with E-state index >= 15 is 0 Å². The smallest absolute Gasteiger partial charge is 0.142 e. The molecule has 0 amide bonds. The topological polar surface area (TPSA) is 52.5 Å². The van der Waals surface area contributed by atoms with Gasteiger partial charge in [0.1, 0.15) is 22.9 Å². The maximum atomic E-state index is 6.30. The normalized spacial score (nSPS) is 11.0. The lowest BCUT2D eigenvalue weighted by Crippen LogP contribution is -1.97. The van der Waals surface area contributed by atoms with Gasteiger partial charge in [0.25, 0.3) is 0 Å². The zero-order valence-electron chi connectivity index (χ0n) is 12.6. The molecule has 0 saturated heterocycles. The van der Waals surface area contributed by atoms with Gasteiger partial charge in [-0.15, -0.1) is 0 Å². The molecule has 0 fully saturated rings. The molecule has 0 saturated carbocycles. The number of hydrogen-bond acceptors (Lipinski definition) is 3. The van der Waals surface area contributed by atoms with Crippen LogP contribution in [0, 0.1) is 13.8 Å². The number of nitrogens with zero attached hydrogens (tertiary/aromatic N) is 2. The predicted octanol–water partition coefficient (Wildman–Crippen LogP) is 3.60. The van der Waals surface area contributed by atoms with Crippen LogP contribution in [0.25, 0.3) is 16.9 Å². The zero-order chi connectivity index (χ0) is 15.0. The third kappa shape index (κ3) is 2.23. The monoisotopic (exact) mass is 281 g/mol. The van der Waals surface area contributed by atoms with Gasteiger partial charge in [-0.1, -0.05) is 17.7 Å². The fourth-order valence-corrected chi connectivity index (χ4v) is 2.53. The van der Waals surface area contributed by atoms with E-state index in [1.54, 1.807) is 0 Å². The first kappa shape index (κ1) is 13.5. The predicted molar refractivity (Wildman–Crippen MR) is 85.7 cm³/mol. The van der Waals surface area contributed by atoms with Gasteiger partial charge in [0.05, 0.1) is 6.61 Å². The maximum absolute atomic E-state index is 6.30. The Kier molecular flexibility index (Phi) is 3.29. The molecule has 21 heavy (non-hydrogen) atoms. The van der Waals surface area contributed by atoms with Crippen LogP contribution in [0.4, 0.5) is 5.82 Å². The lowest BCUT2D eigenvalue weighted by Gasteiger charge is -2.10. The molecule has 2 heterocycles. The van der Waals surface area contributed by atoms with E-state index in [9.17, 15) is 0 Å². The first-order valence-electron chi connectivity index (χ1n) is 7.08. The van der Waals surface area contributed by atoms with Crippen molar-refractivity contribution in [2.24, 2.45) is 0 Å². The van der Waals surface area contributed by atoms with Gasteiger partial charge in [-0.3, -0.25) is 4.40 Å². The highest BCUT2D eigenvalue weighted by Gasteiger charge is 2.16. The van der Waals surface area contributed by atoms with Crippen molar-refractivity contribution in [1.29, 1.82) is 0 Å². The van der Waals surface area contributed by atoms with Crippen LogP contribution in [0.15, 0.2) is 36.5 Å². The van der Waals surface area contributed by atoms with E-state index in [2.05, 4.69) is 13.0 Å². The van der Waals surface area contributed by atoms with Gasteiger partial charge < -0.3 is 10.5 Å². The second-order valence-corrected chi connectivity index (χ2v) is 5.16. The molecular weight excluding hydrogens is 262 g/mol. The number of nitrogen functional groups attached to an aromatic ring is 1. The lowest BCUT2D eigenvalue weighted by atomic mass is 10.1. The first-order chi connectivity index (χ1) is 10.1. The molecule has 2 aromatic heterocycles. The minimum Gasteiger partial charge on any atom is -0.493 e. The van der Waals surface area contributed by atoms with E-state index in [1.165, 1.54) is 0 Å². The summed E-state index contributed by atoms with van der Waals surface area (Å²) in [4.78, 5) is 4.72. The number of aryl methyl sites for hydroxylation is 2. The molecule has 0 unspecified atom stereocenters. The molecule has 108 valence electrons. The fourth-order valence-electron chi connectivity index (χ4n) is 2.53. The molecule has 1 aromatic carbocycles. The minimum absolute atomic E-state index is 0.613. The van der Waals surface area contributed by atoms with Crippen LogP contribution in [0.5, 0.6) is 5.75 Å². The molecule has 4 nitrogen and oxygen atoms in total. The van der Waals surface area contributed by atoms with E-state index < -0.39 is 0 Å². The fraction of sp³-hybridized carbons (Fsp3) is 0.235. The number of nitrogens with two attached hydrogens (primary N) is 1. The van der Waals surface area contributed by atoms with E-state index in [-0.39, 0.29) is 0 Å². The zero-order valence-corrected chi connectivity index (χ0v) is 12.6. The summed E-state index contributed by atoms with van der Waals surface area (Å²) in [6.07, 6.45) is 1.93. The Balaban J connectivity index is 2.27. The van der Waals surface area contributed by atoms with Crippen molar-refractivity contribution in [3.63, 3.8) is 0 Å². The Morgan fingerprint density at radius 1 is 1.24 bits per heavy atom. The molecule has 3 aromatic rings. The number of pyridine rings is 1. The Labute approximate surface area is 124 Å². The summed E-state index contributed by atoms with van der Waals surface area (Å²) in [7, 11) is 0. The number of aromatic nitrogens is 2. The van der Waals surface area contributed by atoms with Crippen LogP contribution in [0.2, 0.25) is 0 Å². The summed E-state index contributed by atoms with van der Waals surface area (Å²) in [6, 6.07) is 10.1. The lowest BCUT2D eigenvalue weighted by molar-refractivity contribution is 0.341. The van der Waals surface area contributed by atoms with Crippen LogP contribution in [0.3, 0.4) is 0 Å². The molecule has 4 heteroatoms. The molecule has 2 N–H and O–H groups in total. The third-order valence-electron chi connectivity index (χ3n) is 3.57. The Morgan fingerprint density at radius 2 is 2.05 bits per heavy atom. The van der Waals surface area contributed by atoms with E-state index in [0.29, 0.717) is 12.4 Å². The van der Waals surface area contributed by atoms with Crippen LogP contribution >= 0.6 is 0 Å². The molecular formula is C17H19N3O. The molecule has 0 bridgehead atoms. The van der Waals surface area contributed by atoms with Crippen molar-refractivity contribution in [1.82, 2.24) is 9.38 Å². The molecule has 0 radical (unpaired) electrons. The van der Waals surface area contributed by atoms with Gasteiger partial charge in [0.2, 0.25) is 0 Å². The summed E-state index contributed by atoms with van der Waals surface area (Å²) in [5.74, 6) is 1.45. The molecule has 0 aliphatic rings. The summed E-state index contributed by atoms with van der Waals surface area (Å²) in [6.45, 7) is 6.67. The van der Waals surface area contributed by atoms with Gasteiger partial charge in [-0.25, -0.2) is 4.98 Å². The second-order valence-electron chi connectivity index (χ2n) is 5.16. The summed E-state index contributed by atoms with van der Waals surface area (Å²) < 4.78 is 7.64. The van der Waals surface area contributed by atoms with E-state index in [4.69, 9.17) is 15.5 Å². The number of ether oxygens (including phenoxy) is 1. The van der Waals surface area contributed by atoms with E-state index in [1.807, 2.05) is 48.7 Å². The Hall–Kier alpha value is -2.49. The number of rotatable bonds is 3. The average molecular weight is 281 g/mol. The molecule has 0 aliphatic carbocycles. The number of benzene rings is 1. The number of anilines is 1.